The highest BCUT2D eigenvalue weighted by Gasteiger charge is 2.20. The lowest BCUT2D eigenvalue weighted by molar-refractivity contribution is -0.136. The number of hydrogen-bond acceptors (Lipinski definition) is 5. The van der Waals surface area contributed by atoms with Crippen LogP contribution >= 0.6 is 8.03 Å². The number of aromatic nitrogens is 3. The summed E-state index contributed by atoms with van der Waals surface area (Å²) in [5.41, 5.74) is 0.624. The zero-order chi connectivity index (χ0) is 14.8. The van der Waals surface area contributed by atoms with Gasteiger partial charge in [-0.2, -0.15) is 4.89 Å². The Hall–Kier alpha value is -2.24. The van der Waals surface area contributed by atoms with E-state index in [-0.39, 0.29) is 12.8 Å². The standard InChI is InChI=1S/C9H9O4P.C3H3N3/c10-9(11)6-5-7-3-1-2-4-8(7)14(12)13;1-4-2-6-3-5-1/h1-4H,5-6H2,(H-,10,11,12,13);1-3H/p+1. The molecule has 0 amide bonds. The van der Waals surface area contributed by atoms with Crippen LogP contribution in [0.4, 0.5) is 0 Å². The van der Waals surface area contributed by atoms with Crippen molar-refractivity contribution < 1.29 is 19.4 Å². The summed E-state index contributed by atoms with van der Waals surface area (Å²) in [7, 11) is -2.39. The van der Waals surface area contributed by atoms with Crippen LogP contribution in [0.2, 0.25) is 0 Å². The molecule has 1 unspecified atom stereocenters. The number of hydrogen-bond donors (Lipinski definition) is 2. The van der Waals surface area contributed by atoms with Gasteiger partial charge in [-0.3, -0.25) is 4.79 Å². The van der Waals surface area contributed by atoms with Gasteiger partial charge >= 0.3 is 14.0 Å². The molecule has 104 valence electrons. The number of nitrogens with zero attached hydrogens (tertiary/aromatic N) is 3. The van der Waals surface area contributed by atoms with Gasteiger partial charge in [0, 0.05) is 12.0 Å². The number of rotatable bonds is 4. The Morgan fingerprint density at radius 3 is 2.10 bits per heavy atom. The molecule has 0 spiro atoms. The lowest BCUT2D eigenvalue weighted by atomic mass is 10.1. The minimum Gasteiger partial charge on any atom is -0.481 e. The van der Waals surface area contributed by atoms with Gasteiger partial charge < -0.3 is 5.11 Å². The first-order valence-electron chi connectivity index (χ1n) is 5.62. The highest BCUT2D eigenvalue weighted by atomic mass is 31.1. The summed E-state index contributed by atoms with van der Waals surface area (Å²) in [6.07, 6.45) is 4.57. The lowest BCUT2D eigenvalue weighted by Crippen LogP contribution is -2.07. The van der Waals surface area contributed by atoms with Gasteiger partial charge in [-0.1, -0.05) is 18.2 Å². The SMILES string of the molecule is O=C(O)CCc1ccccc1[P+](=O)O.c1ncncn1. The molecular formula is C12H13N3O4P+. The molecule has 1 aromatic heterocycles. The maximum Gasteiger partial charge on any atom is 0.546 e. The third-order valence-electron chi connectivity index (χ3n) is 2.21. The number of benzene rings is 1. The maximum atomic E-state index is 10.9. The first-order valence-corrected chi connectivity index (χ1v) is 6.83. The lowest BCUT2D eigenvalue weighted by Gasteiger charge is -1.96. The molecule has 0 aliphatic heterocycles. The second kappa shape index (κ2) is 8.79. The Balaban J connectivity index is 0.000000276. The molecular weight excluding hydrogens is 281 g/mol. The molecule has 0 saturated heterocycles. The van der Waals surface area contributed by atoms with E-state index in [9.17, 15) is 9.36 Å². The van der Waals surface area contributed by atoms with E-state index in [1.54, 1.807) is 18.2 Å². The van der Waals surface area contributed by atoms with Gasteiger partial charge in [-0.25, -0.2) is 15.0 Å². The third-order valence-corrected chi connectivity index (χ3v) is 3.05. The maximum absolute atomic E-state index is 10.9. The van der Waals surface area contributed by atoms with E-state index in [4.69, 9.17) is 10.00 Å². The number of aryl methyl sites for hydroxylation is 1. The first-order chi connectivity index (χ1) is 9.61. The summed E-state index contributed by atoms with van der Waals surface area (Å²) in [4.78, 5) is 29.9. The molecule has 1 atom stereocenters. The second-order valence-corrected chi connectivity index (χ2v) is 4.62. The van der Waals surface area contributed by atoms with Gasteiger partial charge in [0.25, 0.3) is 0 Å². The number of carboxylic acid groups (broad SMARTS) is 1. The van der Waals surface area contributed by atoms with E-state index < -0.39 is 14.0 Å². The van der Waals surface area contributed by atoms with Gasteiger partial charge in [0.05, 0.1) is 0 Å². The van der Waals surface area contributed by atoms with Crippen molar-refractivity contribution in [2.24, 2.45) is 0 Å². The Labute approximate surface area is 116 Å². The monoisotopic (exact) mass is 294 g/mol. The molecule has 0 radical (unpaired) electrons. The fraction of sp³-hybridized carbons (Fsp3) is 0.167. The Morgan fingerprint density at radius 1 is 1.10 bits per heavy atom. The smallest absolute Gasteiger partial charge is 0.481 e. The largest absolute Gasteiger partial charge is 0.546 e. The summed E-state index contributed by atoms with van der Waals surface area (Å²) >= 11 is 0. The van der Waals surface area contributed by atoms with Crippen LogP contribution in [0.1, 0.15) is 12.0 Å². The molecule has 0 saturated carbocycles. The fourth-order valence-electron chi connectivity index (χ4n) is 1.36. The van der Waals surface area contributed by atoms with Crippen molar-refractivity contribution in [3.63, 3.8) is 0 Å². The molecule has 7 nitrogen and oxygen atoms in total. The number of carbonyl (C=O) groups is 1. The van der Waals surface area contributed by atoms with Crippen LogP contribution in [-0.2, 0) is 15.8 Å². The van der Waals surface area contributed by atoms with Crippen molar-refractivity contribution in [1.82, 2.24) is 15.0 Å². The zero-order valence-electron chi connectivity index (χ0n) is 10.5. The molecule has 0 aliphatic carbocycles. The van der Waals surface area contributed by atoms with Crippen LogP contribution in [0.5, 0.6) is 0 Å². The van der Waals surface area contributed by atoms with E-state index in [0.29, 0.717) is 10.9 Å². The van der Waals surface area contributed by atoms with Crippen LogP contribution in [-0.4, -0.2) is 30.9 Å². The van der Waals surface area contributed by atoms with Crippen LogP contribution in [0.3, 0.4) is 0 Å². The van der Waals surface area contributed by atoms with E-state index in [1.807, 2.05) is 0 Å². The molecule has 2 rings (SSSR count). The van der Waals surface area contributed by atoms with E-state index >= 15 is 0 Å². The molecule has 1 heterocycles. The Kier molecular flexibility index (Phi) is 6.95. The molecule has 0 fully saturated rings. The van der Waals surface area contributed by atoms with E-state index in [2.05, 4.69) is 15.0 Å². The fourth-order valence-corrected chi connectivity index (χ4v) is 2.00. The number of carboxylic acids is 1. The minimum atomic E-state index is -2.39. The zero-order valence-corrected chi connectivity index (χ0v) is 11.3. The second-order valence-electron chi connectivity index (χ2n) is 3.59. The normalized spacial score (nSPS) is 10.2. The summed E-state index contributed by atoms with van der Waals surface area (Å²) in [5.74, 6) is -0.909. The summed E-state index contributed by atoms with van der Waals surface area (Å²) in [5, 5.41) is 8.79. The summed E-state index contributed by atoms with van der Waals surface area (Å²) < 4.78 is 10.9. The van der Waals surface area contributed by atoms with Gasteiger partial charge in [0.2, 0.25) is 5.30 Å². The van der Waals surface area contributed by atoms with Gasteiger partial charge in [0.15, 0.2) is 0 Å². The van der Waals surface area contributed by atoms with Gasteiger partial charge in [-0.05, 0) is 17.1 Å². The predicted octanol–water partition coefficient (Wildman–Crippen LogP) is 0.935. The third kappa shape index (κ3) is 6.08. The van der Waals surface area contributed by atoms with Crippen LogP contribution in [0.25, 0.3) is 0 Å². The molecule has 2 N–H and O–H groups in total. The molecule has 2 aromatic rings. The van der Waals surface area contributed by atoms with E-state index in [1.165, 1.54) is 25.0 Å². The molecule has 8 heteroatoms. The van der Waals surface area contributed by atoms with Crippen LogP contribution < -0.4 is 5.30 Å². The topological polar surface area (TPSA) is 113 Å². The van der Waals surface area contributed by atoms with Gasteiger partial charge in [-0.15, -0.1) is 0 Å². The van der Waals surface area contributed by atoms with Gasteiger partial charge in [0.1, 0.15) is 19.0 Å². The summed E-state index contributed by atoms with van der Waals surface area (Å²) in [6.45, 7) is 0. The van der Waals surface area contributed by atoms with Crippen LogP contribution in [0, 0.1) is 0 Å². The van der Waals surface area contributed by atoms with Crippen molar-refractivity contribution in [3.05, 3.63) is 48.8 Å². The van der Waals surface area contributed by atoms with Crippen molar-refractivity contribution in [3.8, 4) is 0 Å². The van der Waals surface area contributed by atoms with Crippen molar-refractivity contribution >= 4 is 19.3 Å². The number of aliphatic carboxylic acids is 1. The van der Waals surface area contributed by atoms with E-state index in [0.717, 1.165) is 0 Å². The minimum absolute atomic E-state index is 0.0276. The highest BCUT2D eigenvalue weighted by Crippen LogP contribution is 2.16. The van der Waals surface area contributed by atoms with Crippen LogP contribution in [0.15, 0.2) is 43.2 Å². The Bertz CT molecular complexity index is 539. The predicted molar refractivity (Wildman–Crippen MR) is 71.7 cm³/mol. The van der Waals surface area contributed by atoms with Crippen molar-refractivity contribution in [2.45, 2.75) is 12.8 Å². The van der Waals surface area contributed by atoms with Crippen molar-refractivity contribution in [2.75, 3.05) is 0 Å². The average molecular weight is 294 g/mol. The average Bonchev–Trinajstić information content (AvgIpc) is 2.48. The molecule has 0 bridgehead atoms. The first kappa shape index (κ1) is 15.8. The molecule has 20 heavy (non-hydrogen) atoms. The Morgan fingerprint density at radius 2 is 1.65 bits per heavy atom. The highest BCUT2D eigenvalue weighted by molar-refractivity contribution is 7.47. The molecule has 1 aromatic carbocycles. The quantitative estimate of drug-likeness (QED) is 0.806. The summed E-state index contributed by atoms with van der Waals surface area (Å²) in [6, 6.07) is 6.58. The molecule has 0 aliphatic rings. The van der Waals surface area contributed by atoms with Crippen molar-refractivity contribution in [1.29, 1.82) is 0 Å².